The number of para-hydroxylation sites is 2. The number of anilines is 3. The van der Waals surface area contributed by atoms with Crippen LogP contribution in [0.4, 0.5) is 17.2 Å². The van der Waals surface area contributed by atoms with Crippen LogP contribution in [0, 0.1) is 0 Å². The molecule has 0 amide bonds. The van der Waals surface area contributed by atoms with Gasteiger partial charge in [-0.05, 0) is 124 Å². The lowest BCUT2D eigenvalue weighted by Gasteiger charge is -2.32. The molecule has 0 bridgehead atoms. The summed E-state index contributed by atoms with van der Waals surface area (Å²) in [5, 5.41) is 11.1. The number of hydrogen-bond donors (Lipinski definition) is 1. The van der Waals surface area contributed by atoms with Gasteiger partial charge in [-0.15, -0.1) is 0 Å². The van der Waals surface area contributed by atoms with Crippen molar-refractivity contribution in [1.82, 2.24) is 9.97 Å². The molecule has 5 aromatic carbocycles. The second-order valence-electron chi connectivity index (χ2n) is 17.4. The van der Waals surface area contributed by atoms with Gasteiger partial charge < -0.3 is 5.11 Å². The number of phenolic OH excluding ortho intramolecular Hbond substituents is 1. The second kappa shape index (κ2) is 17.1. The van der Waals surface area contributed by atoms with E-state index in [1.165, 1.54) is 33.5 Å². The molecule has 0 aliphatic heterocycles. The Morgan fingerprint density at radius 2 is 1.15 bits per heavy atom. The highest BCUT2D eigenvalue weighted by atomic mass is 16.3. The molecule has 0 saturated carbocycles. The SMILES string of the molecule is CCC(C)(CC)c1cc(-c2cc(-c3ccc(C(C)(C)c4ccccc4)cc3)cc(N(c3ccccn3)c3c(C(C)C)cccc3C(C)C)c2)nc(-c2ccccc2O)c1. The number of nitrogens with zero attached hydrogens (tertiary/aromatic N) is 3. The van der Waals surface area contributed by atoms with E-state index in [-0.39, 0.29) is 28.4 Å². The van der Waals surface area contributed by atoms with Crippen molar-refractivity contribution in [3.05, 3.63) is 180 Å². The summed E-state index contributed by atoms with van der Waals surface area (Å²) in [6.45, 7) is 20.5. The third-order valence-corrected chi connectivity index (χ3v) is 12.6. The average Bonchev–Trinajstić information content (AvgIpc) is 3.26. The molecule has 300 valence electrons. The summed E-state index contributed by atoms with van der Waals surface area (Å²) < 4.78 is 0. The molecule has 0 radical (unpaired) electrons. The van der Waals surface area contributed by atoms with Gasteiger partial charge in [-0.3, -0.25) is 4.90 Å². The molecule has 0 unspecified atom stereocenters. The summed E-state index contributed by atoms with van der Waals surface area (Å²) in [7, 11) is 0. The fourth-order valence-corrected chi connectivity index (χ4v) is 8.30. The number of aromatic hydroxyl groups is 1. The Kier molecular flexibility index (Phi) is 11.9. The molecule has 2 heterocycles. The van der Waals surface area contributed by atoms with Crippen LogP contribution in [0.1, 0.15) is 115 Å². The van der Waals surface area contributed by atoms with E-state index in [1.54, 1.807) is 6.07 Å². The zero-order chi connectivity index (χ0) is 41.9. The van der Waals surface area contributed by atoms with E-state index in [9.17, 15) is 5.11 Å². The maximum absolute atomic E-state index is 11.1. The minimum atomic E-state index is -0.161. The van der Waals surface area contributed by atoms with E-state index in [2.05, 4.69) is 182 Å². The first-order valence-electron chi connectivity index (χ1n) is 21.3. The van der Waals surface area contributed by atoms with Gasteiger partial charge in [0.2, 0.25) is 0 Å². The van der Waals surface area contributed by atoms with Crippen LogP contribution >= 0.6 is 0 Å². The normalized spacial score (nSPS) is 12.0. The lowest BCUT2D eigenvalue weighted by molar-refractivity contribution is 0.438. The summed E-state index contributed by atoms with van der Waals surface area (Å²) in [5.41, 5.74) is 13.8. The molecule has 2 aromatic heterocycles. The standard InChI is InChI=1S/C55H59N3O/c1-10-55(9,11-2)44-35-49(57-50(36-44)48-22-15-16-25-51(48)59)41-32-40(39-27-29-43(30-28-39)54(7,8)42-20-13-12-14-21-42)33-45(34-41)58(52-26-17-18-31-56-52)53-46(37(3)4)23-19-24-47(53)38(5)6/h12-38,59H,10-11H2,1-9H3. The Morgan fingerprint density at radius 3 is 1.76 bits per heavy atom. The number of hydrogen-bond acceptors (Lipinski definition) is 4. The maximum atomic E-state index is 11.1. The monoisotopic (exact) mass is 777 g/mol. The molecule has 0 atom stereocenters. The van der Waals surface area contributed by atoms with Crippen molar-refractivity contribution in [3.8, 4) is 39.4 Å². The van der Waals surface area contributed by atoms with Gasteiger partial charge in [0.1, 0.15) is 11.6 Å². The van der Waals surface area contributed by atoms with Gasteiger partial charge in [0, 0.05) is 28.4 Å². The van der Waals surface area contributed by atoms with E-state index in [0.29, 0.717) is 0 Å². The highest BCUT2D eigenvalue weighted by Gasteiger charge is 2.28. The maximum Gasteiger partial charge on any atom is 0.137 e. The lowest BCUT2D eigenvalue weighted by atomic mass is 9.77. The summed E-state index contributed by atoms with van der Waals surface area (Å²) in [6.07, 6.45) is 3.83. The van der Waals surface area contributed by atoms with Crippen LogP contribution in [-0.4, -0.2) is 15.1 Å². The predicted octanol–water partition coefficient (Wildman–Crippen LogP) is 15.3. The van der Waals surface area contributed by atoms with Gasteiger partial charge >= 0.3 is 0 Å². The summed E-state index contributed by atoms with van der Waals surface area (Å²) in [6, 6.07) is 51.5. The van der Waals surface area contributed by atoms with Gasteiger partial charge in [0.15, 0.2) is 0 Å². The van der Waals surface area contributed by atoms with Crippen molar-refractivity contribution >= 4 is 17.2 Å². The highest BCUT2D eigenvalue weighted by Crippen LogP contribution is 2.46. The average molecular weight is 778 g/mol. The first-order valence-corrected chi connectivity index (χ1v) is 21.3. The molecular formula is C55H59N3O. The fourth-order valence-electron chi connectivity index (χ4n) is 8.30. The molecule has 4 heteroatoms. The first kappa shape index (κ1) is 41.2. The summed E-state index contributed by atoms with van der Waals surface area (Å²) in [5.74, 6) is 1.63. The lowest BCUT2D eigenvalue weighted by Crippen LogP contribution is -2.20. The Morgan fingerprint density at radius 1 is 0.559 bits per heavy atom. The number of benzene rings is 5. The fraction of sp³-hybridized carbons (Fsp3) is 0.273. The summed E-state index contributed by atoms with van der Waals surface area (Å²) in [4.78, 5) is 12.8. The van der Waals surface area contributed by atoms with E-state index >= 15 is 0 Å². The number of aromatic nitrogens is 2. The third-order valence-electron chi connectivity index (χ3n) is 12.6. The Bertz CT molecular complexity index is 2490. The highest BCUT2D eigenvalue weighted by molar-refractivity contribution is 5.86. The zero-order valence-corrected chi connectivity index (χ0v) is 36.3. The van der Waals surface area contributed by atoms with Gasteiger partial charge in [-0.25, -0.2) is 9.97 Å². The molecule has 59 heavy (non-hydrogen) atoms. The molecule has 0 fully saturated rings. The molecule has 0 spiro atoms. The smallest absolute Gasteiger partial charge is 0.137 e. The largest absolute Gasteiger partial charge is 0.507 e. The molecule has 7 aromatic rings. The van der Waals surface area contributed by atoms with Crippen LogP contribution in [0.25, 0.3) is 33.6 Å². The third kappa shape index (κ3) is 8.32. The predicted molar refractivity (Wildman–Crippen MR) is 249 cm³/mol. The Balaban J connectivity index is 1.52. The Hall–Kier alpha value is -6.00. The van der Waals surface area contributed by atoms with Crippen LogP contribution in [0.3, 0.4) is 0 Å². The van der Waals surface area contributed by atoms with Crippen LogP contribution < -0.4 is 4.90 Å². The first-order chi connectivity index (χ1) is 28.3. The van der Waals surface area contributed by atoms with E-state index in [4.69, 9.17) is 9.97 Å². The van der Waals surface area contributed by atoms with Crippen molar-refractivity contribution in [2.45, 2.75) is 97.8 Å². The van der Waals surface area contributed by atoms with Gasteiger partial charge in [0.25, 0.3) is 0 Å². The topological polar surface area (TPSA) is 49.2 Å². The second-order valence-corrected chi connectivity index (χ2v) is 17.4. The summed E-state index contributed by atoms with van der Waals surface area (Å²) >= 11 is 0. The molecule has 0 aliphatic rings. The van der Waals surface area contributed by atoms with Crippen molar-refractivity contribution in [2.24, 2.45) is 0 Å². The quantitative estimate of drug-likeness (QED) is 0.127. The zero-order valence-electron chi connectivity index (χ0n) is 36.3. The van der Waals surface area contributed by atoms with Crippen LogP contribution in [-0.2, 0) is 10.8 Å². The van der Waals surface area contributed by atoms with Crippen LogP contribution in [0.2, 0.25) is 0 Å². The van der Waals surface area contributed by atoms with Gasteiger partial charge in [0.05, 0.1) is 17.1 Å². The van der Waals surface area contributed by atoms with Crippen LogP contribution in [0.5, 0.6) is 5.75 Å². The van der Waals surface area contributed by atoms with Gasteiger partial charge in [-0.1, -0.05) is 153 Å². The number of pyridine rings is 2. The minimum Gasteiger partial charge on any atom is -0.507 e. The van der Waals surface area contributed by atoms with Gasteiger partial charge in [-0.2, -0.15) is 0 Å². The molecule has 7 rings (SSSR count). The minimum absolute atomic E-state index is 0.0823. The molecular weight excluding hydrogens is 719 g/mol. The number of rotatable bonds is 13. The van der Waals surface area contributed by atoms with E-state index in [0.717, 1.165) is 58.0 Å². The molecule has 0 saturated heterocycles. The molecule has 1 N–H and O–H groups in total. The van der Waals surface area contributed by atoms with E-state index in [1.807, 2.05) is 30.5 Å². The van der Waals surface area contributed by atoms with E-state index < -0.39 is 0 Å². The number of phenols is 1. The van der Waals surface area contributed by atoms with Crippen molar-refractivity contribution in [1.29, 1.82) is 0 Å². The van der Waals surface area contributed by atoms with Crippen LogP contribution in [0.15, 0.2) is 152 Å². The molecule has 0 aliphatic carbocycles. The van der Waals surface area contributed by atoms with Crippen molar-refractivity contribution in [2.75, 3.05) is 4.90 Å². The van der Waals surface area contributed by atoms with Crippen molar-refractivity contribution in [3.63, 3.8) is 0 Å². The molecule has 4 nitrogen and oxygen atoms in total. The van der Waals surface area contributed by atoms with Crippen molar-refractivity contribution < 1.29 is 5.11 Å². The Labute approximate surface area is 352 Å².